The third-order valence-corrected chi connectivity index (χ3v) is 10.0. The van der Waals surface area contributed by atoms with E-state index >= 15 is 0 Å². The highest BCUT2D eigenvalue weighted by Crippen LogP contribution is 2.43. The molecule has 0 bridgehead atoms. The molecular formula is C22H22FNO3S3. The molecule has 4 nitrogen and oxygen atoms in total. The molecule has 1 aliphatic rings. The first kappa shape index (κ1) is 21.2. The average Bonchev–Trinajstić information content (AvgIpc) is 3.50. The molecular weight excluding hydrogens is 441 g/mol. The summed E-state index contributed by atoms with van der Waals surface area (Å²) in [7, 11) is -3.80. The van der Waals surface area contributed by atoms with E-state index in [0.29, 0.717) is 4.88 Å². The Morgan fingerprint density at radius 2 is 1.70 bits per heavy atom. The van der Waals surface area contributed by atoms with Crippen LogP contribution in [0.3, 0.4) is 0 Å². The largest absolute Gasteiger partial charge is 0.354 e. The van der Waals surface area contributed by atoms with Crippen LogP contribution in [0.15, 0.2) is 64.2 Å². The summed E-state index contributed by atoms with van der Waals surface area (Å²) < 4.78 is 39.9. The fraction of sp³-hybridized carbons (Fsp3) is 0.318. The summed E-state index contributed by atoms with van der Waals surface area (Å²) in [4.78, 5) is 15.0. The summed E-state index contributed by atoms with van der Waals surface area (Å²) in [6, 6.07) is 12.3. The molecule has 8 heteroatoms. The molecule has 1 fully saturated rings. The first-order valence-electron chi connectivity index (χ1n) is 9.79. The summed E-state index contributed by atoms with van der Waals surface area (Å²) in [5, 5.41) is 5.81. The molecule has 4 rings (SSSR count). The predicted octanol–water partition coefficient (Wildman–Crippen LogP) is 5.09. The molecule has 1 aliphatic carbocycles. The minimum Gasteiger partial charge on any atom is -0.354 e. The molecule has 0 spiro atoms. The smallest absolute Gasteiger partial charge is 0.231 e. The molecule has 1 aromatic carbocycles. The van der Waals surface area contributed by atoms with Crippen LogP contribution in [0.1, 0.15) is 40.7 Å². The van der Waals surface area contributed by atoms with Gasteiger partial charge in [0.2, 0.25) is 5.91 Å². The van der Waals surface area contributed by atoms with Crippen LogP contribution >= 0.6 is 22.7 Å². The second-order valence-corrected chi connectivity index (χ2v) is 11.5. The van der Waals surface area contributed by atoms with E-state index in [4.69, 9.17) is 0 Å². The van der Waals surface area contributed by atoms with Crippen LogP contribution in [0.25, 0.3) is 0 Å². The normalized spacial score (nSPS) is 17.0. The Hall–Kier alpha value is -2.03. The lowest BCUT2D eigenvalue weighted by Crippen LogP contribution is -2.44. The molecule has 1 N–H and O–H groups in total. The average molecular weight is 464 g/mol. The lowest BCUT2D eigenvalue weighted by atomic mass is 9.83. The summed E-state index contributed by atoms with van der Waals surface area (Å²) in [6.07, 6.45) is 3.50. The molecule has 2 heterocycles. The second kappa shape index (κ2) is 8.61. The molecule has 1 atom stereocenters. The molecule has 0 saturated heterocycles. The van der Waals surface area contributed by atoms with Gasteiger partial charge in [0.25, 0.3) is 0 Å². The van der Waals surface area contributed by atoms with Crippen molar-refractivity contribution in [3.05, 3.63) is 74.9 Å². The van der Waals surface area contributed by atoms with Gasteiger partial charge >= 0.3 is 0 Å². The molecule has 0 radical (unpaired) electrons. The Bertz CT molecular complexity index is 1090. The van der Waals surface area contributed by atoms with Crippen molar-refractivity contribution in [2.24, 2.45) is 0 Å². The zero-order valence-corrected chi connectivity index (χ0v) is 18.7. The lowest BCUT2D eigenvalue weighted by molar-refractivity contribution is -0.126. The number of benzene rings is 1. The van der Waals surface area contributed by atoms with E-state index in [1.54, 1.807) is 23.5 Å². The number of nitrogens with one attached hydrogen (secondary N) is 1. The highest BCUT2D eigenvalue weighted by atomic mass is 32.2. The predicted molar refractivity (Wildman–Crippen MR) is 118 cm³/mol. The van der Waals surface area contributed by atoms with Gasteiger partial charge in [-0.1, -0.05) is 25.0 Å². The summed E-state index contributed by atoms with van der Waals surface area (Å²) in [6.45, 7) is -0.0216. The zero-order valence-electron chi connectivity index (χ0n) is 16.2. The number of amides is 1. The van der Waals surface area contributed by atoms with E-state index in [2.05, 4.69) is 5.32 Å². The van der Waals surface area contributed by atoms with Crippen molar-refractivity contribution < 1.29 is 17.6 Å². The number of sulfone groups is 1. The first-order chi connectivity index (χ1) is 14.4. The maximum absolute atomic E-state index is 13.3. The van der Waals surface area contributed by atoms with Crippen LogP contribution < -0.4 is 5.32 Å². The van der Waals surface area contributed by atoms with E-state index in [9.17, 15) is 17.6 Å². The van der Waals surface area contributed by atoms with Crippen molar-refractivity contribution in [2.75, 3.05) is 6.54 Å². The molecule has 0 aliphatic heterocycles. The lowest BCUT2D eigenvalue weighted by Gasteiger charge is -2.28. The Kier molecular flexibility index (Phi) is 6.09. The van der Waals surface area contributed by atoms with Crippen molar-refractivity contribution in [3.63, 3.8) is 0 Å². The maximum atomic E-state index is 13.3. The van der Waals surface area contributed by atoms with Crippen LogP contribution in [0.5, 0.6) is 0 Å². The number of hydrogen-bond acceptors (Lipinski definition) is 5. The Balaban J connectivity index is 1.61. The van der Waals surface area contributed by atoms with Crippen LogP contribution in [-0.4, -0.2) is 20.9 Å². The van der Waals surface area contributed by atoms with Gasteiger partial charge in [0.05, 0.1) is 10.3 Å². The molecule has 3 aromatic rings. The Morgan fingerprint density at radius 3 is 2.30 bits per heavy atom. The number of hydrogen-bond donors (Lipinski definition) is 1. The van der Waals surface area contributed by atoms with Gasteiger partial charge in [0, 0.05) is 16.3 Å². The van der Waals surface area contributed by atoms with E-state index in [1.165, 1.54) is 23.5 Å². The van der Waals surface area contributed by atoms with Gasteiger partial charge in [0.15, 0.2) is 9.84 Å². The third-order valence-electron chi connectivity index (χ3n) is 5.71. The van der Waals surface area contributed by atoms with Crippen molar-refractivity contribution in [2.45, 2.75) is 41.2 Å². The van der Waals surface area contributed by atoms with Crippen LogP contribution in [0, 0.1) is 5.82 Å². The Labute approximate surface area is 183 Å². The molecule has 2 aromatic heterocycles. The molecule has 30 heavy (non-hydrogen) atoms. The van der Waals surface area contributed by atoms with Gasteiger partial charge < -0.3 is 5.32 Å². The van der Waals surface area contributed by atoms with Crippen molar-refractivity contribution in [1.29, 1.82) is 0 Å². The van der Waals surface area contributed by atoms with Gasteiger partial charge in [-0.05, 0) is 60.0 Å². The minimum atomic E-state index is -3.80. The number of halogens is 1. The SMILES string of the molecule is O=C(NC[C@@H](c1cccs1)S(=O)(=O)c1ccc(F)cc1)C1(c2cccs2)CCCC1. The number of carbonyl (C=O) groups is 1. The van der Waals surface area contributed by atoms with E-state index < -0.39 is 26.3 Å². The standard InChI is InChI=1S/C22H22FNO3S3/c23-16-7-9-17(10-8-16)30(26,27)19(18-5-3-13-28-18)15-24-21(25)22(11-1-2-12-22)20-6-4-14-29-20/h3-10,13-14,19H,1-2,11-12,15H2,(H,24,25)/t19-/m0/s1. The van der Waals surface area contributed by atoms with Gasteiger partial charge in [-0.25, -0.2) is 12.8 Å². The summed E-state index contributed by atoms with van der Waals surface area (Å²) in [5.41, 5.74) is -0.576. The molecule has 1 saturated carbocycles. The monoisotopic (exact) mass is 463 g/mol. The van der Waals surface area contributed by atoms with Gasteiger partial charge in [0.1, 0.15) is 11.1 Å². The van der Waals surface area contributed by atoms with Gasteiger partial charge in [-0.15, -0.1) is 22.7 Å². The van der Waals surface area contributed by atoms with Crippen LogP contribution in [0.2, 0.25) is 0 Å². The third kappa shape index (κ3) is 3.96. The Morgan fingerprint density at radius 1 is 1.03 bits per heavy atom. The van der Waals surface area contributed by atoms with Crippen molar-refractivity contribution >= 4 is 38.4 Å². The van der Waals surface area contributed by atoms with E-state index in [-0.39, 0.29) is 17.3 Å². The van der Waals surface area contributed by atoms with Gasteiger partial charge in [-0.3, -0.25) is 4.79 Å². The molecule has 158 valence electrons. The number of thiophene rings is 2. The minimum absolute atomic E-state index is 0.0216. The second-order valence-electron chi connectivity index (χ2n) is 7.48. The van der Waals surface area contributed by atoms with Crippen LogP contribution in [-0.2, 0) is 20.0 Å². The van der Waals surface area contributed by atoms with Crippen molar-refractivity contribution in [3.8, 4) is 0 Å². The molecule has 1 amide bonds. The van der Waals surface area contributed by atoms with Crippen LogP contribution in [0.4, 0.5) is 4.39 Å². The van der Waals surface area contributed by atoms with Gasteiger partial charge in [-0.2, -0.15) is 0 Å². The number of carbonyl (C=O) groups excluding carboxylic acids is 1. The maximum Gasteiger partial charge on any atom is 0.231 e. The van der Waals surface area contributed by atoms with E-state index in [0.717, 1.165) is 42.7 Å². The molecule has 0 unspecified atom stereocenters. The zero-order chi connectivity index (χ0) is 21.2. The summed E-state index contributed by atoms with van der Waals surface area (Å²) in [5.74, 6) is -0.604. The quantitative estimate of drug-likeness (QED) is 0.496. The highest BCUT2D eigenvalue weighted by molar-refractivity contribution is 7.91. The number of rotatable bonds is 7. The fourth-order valence-electron chi connectivity index (χ4n) is 4.10. The fourth-order valence-corrected chi connectivity index (χ4v) is 7.86. The topological polar surface area (TPSA) is 63.2 Å². The van der Waals surface area contributed by atoms with E-state index in [1.807, 2.05) is 22.9 Å². The first-order valence-corrected chi connectivity index (χ1v) is 13.1. The summed E-state index contributed by atoms with van der Waals surface area (Å²) >= 11 is 2.90. The highest BCUT2D eigenvalue weighted by Gasteiger charge is 2.44. The van der Waals surface area contributed by atoms with Crippen molar-refractivity contribution in [1.82, 2.24) is 5.32 Å².